The molecule has 2 fully saturated rings. The number of hydrogen-bond donors (Lipinski definition) is 1. The van der Waals surface area contributed by atoms with E-state index < -0.39 is 17.5 Å². The van der Waals surface area contributed by atoms with Gasteiger partial charge in [0.1, 0.15) is 6.61 Å². The normalized spacial score (nSPS) is 25.7. The van der Waals surface area contributed by atoms with E-state index in [2.05, 4.69) is 10.2 Å². The first kappa shape index (κ1) is 24.7. The van der Waals surface area contributed by atoms with Crippen molar-refractivity contribution in [2.75, 3.05) is 18.5 Å². The molecule has 0 saturated carbocycles. The summed E-state index contributed by atoms with van der Waals surface area (Å²) in [6.07, 6.45) is 1.66. The molecular formula is C29H28ClN3O5. The van der Waals surface area contributed by atoms with Crippen LogP contribution in [0, 0.1) is 10.1 Å². The van der Waals surface area contributed by atoms with Crippen LogP contribution in [0.2, 0.25) is 5.02 Å². The second-order valence-electron chi connectivity index (χ2n) is 9.98. The summed E-state index contributed by atoms with van der Waals surface area (Å²) in [6.45, 7) is 3.26. The number of halogens is 1. The van der Waals surface area contributed by atoms with Gasteiger partial charge in [-0.15, -0.1) is 0 Å². The molecule has 2 saturated heterocycles. The fourth-order valence-corrected chi connectivity index (χ4v) is 6.76. The number of nitrogens with one attached hydrogen (secondary N) is 1. The van der Waals surface area contributed by atoms with Gasteiger partial charge in [0.15, 0.2) is 17.0 Å². The minimum Gasteiger partial charge on any atom is -0.490 e. The predicted molar refractivity (Wildman–Crippen MR) is 143 cm³/mol. The predicted octanol–water partition coefficient (Wildman–Crippen LogP) is 5.37. The molecule has 3 heterocycles. The van der Waals surface area contributed by atoms with Crippen LogP contribution in [0.3, 0.4) is 0 Å². The zero-order valence-electron chi connectivity index (χ0n) is 20.9. The number of carbonyl (C=O) groups excluding carboxylic acids is 1. The molecule has 1 amide bonds. The summed E-state index contributed by atoms with van der Waals surface area (Å²) >= 11 is 5.99. The average molecular weight is 534 g/mol. The maximum Gasteiger partial charge on any atom is 0.256 e. The van der Waals surface area contributed by atoms with E-state index in [1.807, 2.05) is 73.7 Å². The molecule has 38 heavy (non-hydrogen) atoms. The number of amides is 1. The van der Waals surface area contributed by atoms with E-state index >= 15 is 0 Å². The molecule has 0 aliphatic carbocycles. The van der Waals surface area contributed by atoms with Crippen LogP contribution in [-0.2, 0) is 16.9 Å². The van der Waals surface area contributed by atoms with Crippen LogP contribution in [0.5, 0.6) is 11.5 Å². The minimum absolute atomic E-state index is 0.141. The molecule has 196 valence electrons. The molecule has 9 heteroatoms. The van der Waals surface area contributed by atoms with Gasteiger partial charge in [-0.1, -0.05) is 48.0 Å². The number of ether oxygens (including phenoxy) is 2. The van der Waals surface area contributed by atoms with E-state index in [1.54, 1.807) is 0 Å². The van der Waals surface area contributed by atoms with E-state index in [4.69, 9.17) is 21.1 Å². The number of hydrogen-bond acceptors (Lipinski definition) is 6. The number of rotatable bonds is 7. The summed E-state index contributed by atoms with van der Waals surface area (Å²) in [4.78, 5) is 28.3. The number of fused-ring (bicyclic) bond motifs is 4. The molecule has 1 N–H and O–H groups in total. The highest BCUT2D eigenvalue weighted by molar-refractivity contribution is 6.30. The molecule has 3 aliphatic rings. The zero-order valence-corrected chi connectivity index (χ0v) is 21.7. The Balaban J connectivity index is 1.40. The van der Waals surface area contributed by atoms with Crippen LogP contribution < -0.4 is 14.8 Å². The first-order valence-electron chi connectivity index (χ1n) is 12.9. The van der Waals surface area contributed by atoms with Crippen LogP contribution >= 0.6 is 11.6 Å². The monoisotopic (exact) mass is 533 g/mol. The largest absolute Gasteiger partial charge is 0.490 e. The van der Waals surface area contributed by atoms with Crippen molar-refractivity contribution in [3.05, 3.63) is 98.6 Å². The maximum absolute atomic E-state index is 13.6. The van der Waals surface area contributed by atoms with E-state index in [0.29, 0.717) is 47.5 Å². The number of anilines is 1. The van der Waals surface area contributed by atoms with Crippen LogP contribution in [-0.4, -0.2) is 41.0 Å². The number of benzene rings is 3. The van der Waals surface area contributed by atoms with Gasteiger partial charge in [-0.05, 0) is 61.2 Å². The molecule has 8 nitrogen and oxygen atoms in total. The molecule has 0 aromatic heterocycles. The van der Waals surface area contributed by atoms with Crippen LogP contribution in [0.25, 0.3) is 0 Å². The number of carbonyl (C=O) groups is 1. The summed E-state index contributed by atoms with van der Waals surface area (Å²) in [5.41, 5.74) is 1.73. The third-order valence-electron chi connectivity index (χ3n) is 8.05. The Morgan fingerprint density at radius 2 is 1.89 bits per heavy atom. The summed E-state index contributed by atoms with van der Waals surface area (Å²) in [5, 5.41) is 16.4. The van der Waals surface area contributed by atoms with E-state index in [1.165, 1.54) is 0 Å². The SMILES string of the molecule is CCOc1cc([C@H]2[C@H]([N+](=O)[O-])[C@]3(C(=O)Nc4ccccc43)N3CCC[C@@H]23)ccc1OCc1ccc(Cl)cc1. The van der Waals surface area contributed by atoms with Gasteiger partial charge in [0.2, 0.25) is 0 Å². The van der Waals surface area contributed by atoms with Crippen molar-refractivity contribution < 1.29 is 19.2 Å². The summed E-state index contributed by atoms with van der Waals surface area (Å²) < 4.78 is 12.0. The highest BCUT2D eigenvalue weighted by atomic mass is 35.5. The first-order chi connectivity index (χ1) is 18.4. The molecule has 3 aromatic rings. The highest BCUT2D eigenvalue weighted by Gasteiger charge is 2.73. The van der Waals surface area contributed by atoms with Crippen molar-refractivity contribution in [1.29, 1.82) is 0 Å². The molecule has 0 unspecified atom stereocenters. The zero-order chi connectivity index (χ0) is 26.4. The Kier molecular flexibility index (Phi) is 6.24. The van der Waals surface area contributed by atoms with Crippen molar-refractivity contribution in [3.8, 4) is 11.5 Å². The second kappa shape index (κ2) is 9.60. The minimum atomic E-state index is -1.35. The maximum atomic E-state index is 13.6. The Hall–Kier alpha value is -3.62. The van der Waals surface area contributed by atoms with Crippen molar-refractivity contribution in [1.82, 2.24) is 4.90 Å². The average Bonchev–Trinajstić information content (AvgIpc) is 3.57. The standard InChI is InChI=1S/C29H28ClN3O5/c1-2-37-25-16-19(11-14-24(25)38-17-18-9-12-20(30)13-10-18)26-23-8-5-15-32(23)29(27(26)33(35)36)21-6-3-4-7-22(21)31-28(29)34/h3-4,6-7,9-14,16,23,26-27H,2,5,8,15,17H2,1H3,(H,31,34)/t23-,26+,27-,29+/m0/s1. The summed E-state index contributed by atoms with van der Waals surface area (Å²) in [5.74, 6) is 0.280. The Morgan fingerprint density at radius 1 is 1.11 bits per heavy atom. The Bertz CT molecular complexity index is 1400. The molecule has 4 atom stereocenters. The van der Waals surface area contributed by atoms with Crippen LogP contribution in [0.15, 0.2) is 66.7 Å². The third-order valence-corrected chi connectivity index (χ3v) is 8.31. The number of para-hydroxylation sites is 1. The number of nitrogens with zero attached hydrogens (tertiary/aromatic N) is 2. The van der Waals surface area contributed by atoms with Crippen molar-refractivity contribution >= 4 is 23.2 Å². The highest BCUT2D eigenvalue weighted by Crippen LogP contribution is 2.58. The smallest absolute Gasteiger partial charge is 0.256 e. The van der Waals surface area contributed by atoms with Crippen LogP contribution in [0.4, 0.5) is 5.69 Å². The molecule has 0 radical (unpaired) electrons. The van der Waals surface area contributed by atoms with Crippen molar-refractivity contribution in [2.24, 2.45) is 0 Å². The lowest BCUT2D eigenvalue weighted by atomic mass is 9.77. The summed E-state index contributed by atoms with van der Waals surface area (Å²) in [7, 11) is 0. The molecule has 3 aliphatic heterocycles. The van der Waals surface area contributed by atoms with Crippen LogP contribution in [0.1, 0.15) is 42.4 Å². The van der Waals surface area contributed by atoms with E-state index in [-0.39, 0.29) is 16.9 Å². The van der Waals surface area contributed by atoms with E-state index in [9.17, 15) is 14.9 Å². The van der Waals surface area contributed by atoms with Gasteiger partial charge < -0.3 is 14.8 Å². The fourth-order valence-electron chi connectivity index (χ4n) is 6.64. The van der Waals surface area contributed by atoms with Gasteiger partial charge >= 0.3 is 0 Å². The third kappa shape index (κ3) is 3.74. The van der Waals surface area contributed by atoms with Gasteiger partial charge in [0.25, 0.3) is 11.9 Å². The first-order valence-corrected chi connectivity index (χ1v) is 13.3. The molecular weight excluding hydrogens is 506 g/mol. The van der Waals surface area contributed by atoms with E-state index in [0.717, 1.165) is 24.0 Å². The lowest BCUT2D eigenvalue weighted by molar-refractivity contribution is -0.534. The van der Waals surface area contributed by atoms with Gasteiger partial charge in [-0.2, -0.15) is 0 Å². The Morgan fingerprint density at radius 3 is 2.66 bits per heavy atom. The lowest BCUT2D eigenvalue weighted by Crippen LogP contribution is -2.55. The molecule has 6 rings (SSSR count). The molecule has 0 bridgehead atoms. The lowest BCUT2D eigenvalue weighted by Gasteiger charge is -2.32. The van der Waals surface area contributed by atoms with Crippen molar-refractivity contribution in [3.63, 3.8) is 0 Å². The topological polar surface area (TPSA) is 93.9 Å². The quantitative estimate of drug-likeness (QED) is 0.324. The molecule has 1 spiro atoms. The summed E-state index contributed by atoms with van der Waals surface area (Å²) in [6, 6.07) is 19.0. The number of nitro groups is 1. The van der Waals surface area contributed by atoms with Gasteiger partial charge in [-0.25, -0.2) is 0 Å². The van der Waals surface area contributed by atoms with Gasteiger partial charge in [-0.3, -0.25) is 19.8 Å². The van der Waals surface area contributed by atoms with Gasteiger partial charge in [0.05, 0.1) is 12.5 Å². The fraction of sp³-hybridized carbons (Fsp3) is 0.345. The second-order valence-corrected chi connectivity index (χ2v) is 10.4. The van der Waals surface area contributed by atoms with Crippen molar-refractivity contribution in [2.45, 2.75) is 49.9 Å². The molecule has 3 aromatic carbocycles. The Labute approximate surface area is 225 Å². The van der Waals surface area contributed by atoms with Gasteiger partial charge in [0, 0.05) is 33.8 Å².